The molecule has 8 nitrogen and oxygen atoms in total. The molecule has 5 rings (SSSR count). The maximum atomic E-state index is 13.0. The summed E-state index contributed by atoms with van der Waals surface area (Å²) in [6, 6.07) is 5.29. The van der Waals surface area contributed by atoms with Crippen LogP contribution in [0.3, 0.4) is 0 Å². The minimum Gasteiger partial charge on any atom is -0.454 e. The first-order valence-electron chi connectivity index (χ1n) is 10.1. The number of rotatable bonds is 2. The summed E-state index contributed by atoms with van der Waals surface area (Å²) in [7, 11) is 2.01. The van der Waals surface area contributed by atoms with Gasteiger partial charge in [-0.05, 0) is 38.1 Å². The molecule has 1 saturated heterocycles. The predicted molar refractivity (Wildman–Crippen MR) is 105 cm³/mol. The van der Waals surface area contributed by atoms with Crippen LogP contribution in [-0.2, 0) is 13.0 Å². The molecule has 0 bridgehead atoms. The molecule has 2 aromatic rings. The molecule has 1 amide bonds. The quantitative estimate of drug-likeness (QED) is 0.828. The van der Waals surface area contributed by atoms with E-state index in [9.17, 15) is 9.59 Å². The topological polar surface area (TPSA) is 87.8 Å². The number of likely N-dealkylation sites (tertiary alicyclic amines) is 1. The first-order chi connectivity index (χ1) is 14.1. The Labute approximate surface area is 168 Å². The SMILES string of the molecule is CN1CCc2nc([C@H]3CCCN(C(=O)c4ccc5c(c4)OCO5)C3)[nH]c(=O)c2C1. The van der Waals surface area contributed by atoms with E-state index in [1.165, 1.54) is 0 Å². The van der Waals surface area contributed by atoms with Gasteiger partial charge in [-0.15, -0.1) is 0 Å². The number of amides is 1. The van der Waals surface area contributed by atoms with Gasteiger partial charge in [-0.1, -0.05) is 0 Å². The summed E-state index contributed by atoms with van der Waals surface area (Å²) in [6.45, 7) is 2.98. The summed E-state index contributed by atoms with van der Waals surface area (Å²) in [5, 5.41) is 0. The van der Waals surface area contributed by atoms with Crippen LogP contribution in [0.5, 0.6) is 11.5 Å². The van der Waals surface area contributed by atoms with E-state index in [2.05, 4.69) is 9.88 Å². The number of aromatic nitrogens is 2. The first kappa shape index (κ1) is 18.2. The van der Waals surface area contributed by atoms with Crippen LogP contribution in [-0.4, -0.2) is 59.1 Å². The number of likely N-dealkylation sites (N-methyl/N-ethyl adjacent to an activating group) is 1. The number of hydrogen-bond donors (Lipinski definition) is 1. The Balaban J connectivity index is 1.36. The number of carbonyl (C=O) groups excluding carboxylic acids is 1. The van der Waals surface area contributed by atoms with E-state index in [0.717, 1.165) is 37.1 Å². The van der Waals surface area contributed by atoms with Crippen LogP contribution in [0.15, 0.2) is 23.0 Å². The fraction of sp³-hybridized carbons (Fsp3) is 0.476. The van der Waals surface area contributed by atoms with Crippen LogP contribution in [0, 0.1) is 0 Å². The standard InChI is InChI=1S/C21H24N4O4/c1-24-8-6-16-15(11-24)20(26)23-19(22-16)14-3-2-7-25(10-14)21(27)13-4-5-17-18(9-13)29-12-28-17/h4-5,9,14H,2-3,6-8,10-12H2,1H3,(H,22,23,26)/t14-/m0/s1. The molecule has 1 fully saturated rings. The van der Waals surface area contributed by atoms with Crippen molar-refractivity contribution in [3.05, 3.63) is 51.2 Å². The zero-order valence-electron chi connectivity index (χ0n) is 16.4. The third-order valence-electron chi connectivity index (χ3n) is 5.99. The molecule has 3 aliphatic heterocycles. The molecule has 29 heavy (non-hydrogen) atoms. The van der Waals surface area contributed by atoms with Gasteiger partial charge in [0.1, 0.15) is 5.82 Å². The number of nitrogens with zero attached hydrogens (tertiary/aromatic N) is 3. The molecular weight excluding hydrogens is 372 g/mol. The van der Waals surface area contributed by atoms with E-state index in [1.807, 2.05) is 11.9 Å². The Morgan fingerprint density at radius 3 is 3.00 bits per heavy atom. The lowest BCUT2D eigenvalue weighted by atomic mass is 9.95. The third-order valence-corrected chi connectivity index (χ3v) is 5.99. The second-order valence-corrected chi connectivity index (χ2v) is 8.02. The number of carbonyl (C=O) groups is 1. The van der Waals surface area contributed by atoms with E-state index in [-0.39, 0.29) is 24.2 Å². The molecule has 1 atom stereocenters. The fourth-order valence-electron chi connectivity index (χ4n) is 4.37. The zero-order valence-corrected chi connectivity index (χ0v) is 16.4. The summed E-state index contributed by atoms with van der Waals surface area (Å²) < 4.78 is 10.7. The average molecular weight is 396 g/mol. The third kappa shape index (κ3) is 3.37. The predicted octanol–water partition coefficient (Wildman–Crippen LogP) is 1.51. The van der Waals surface area contributed by atoms with Crippen molar-refractivity contribution in [1.29, 1.82) is 0 Å². The highest BCUT2D eigenvalue weighted by atomic mass is 16.7. The van der Waals surface area contributed by atoms with Crippen LogP contribution in [0.25, 0.3) is 0 Å². The van der Waals surface area contributed by atoms with Gasteiger partial charge >= 0.3 is 0 Å². The van der Waals surface area contributed by atoms with Crippen molar-refractivity contribution in [3.8, 4) is 11.5 Å². The molecule has 1 aromatic heterocycles. The van der Waals surface area contributed by atoms with Gasteiger partial charge < -0.3 is 24.3 Å². The molecule has 4 heterocycles. The minimum atomic E-state index is -0.0456. The van der Waals surface area contributed by atoms with Gasteiger partial charge in [-0.3, -0.25) is 9.59 Å². The Hall–Kier alpha value is -2.87. The van der Waals surface area contributed by atoms with Gasteiger partial charge in [-0.2, -0.15) is 0 Å². The molecule has 0 radical (unpaired) electrons. The van der Waals surface area contributed by atoms with Crippen molar-refractivity contribution < 1.29 is 14.3 Å². The van der Waals surface area contributed by atoms with Gasteiger partial charge in [0.25, 0.3) is 11.5 Å². The number of H-pyrrole nitrogens is 1. The van der Waals surface area contributed by atoms with Crippen molar-refractivity contribution in [2.24, 2.45) is 0 Å². The molecule has 1 N–H and O–H groups in total. The second-order valence-electron chi connectivity index (χ2n) is 8.02. The summed E-state index contributed by atoms with van der Waals surface area (Å²) >= 11 is 0. The number of fused-ring (bicyclic) bond motifs is 2. The average Bonchev–Trinajstić information content (AvgIpc) is 3.21. The van der Waals surface area contributed by atoms with E-state index in [4.69, 9.17) is 14.5 Å². The van der Waals surface area contributed by atoms with Gasteiger partial charge in [-0.25, -0.2) is 4.98 Å². The van der Waals surface area contributed by atoms with Crippen molar-refractivity contribution >= 4 is 5.91 Å². The van der Waals surface area contributed by atoms with Crippen molar-refractivity contribution in [1.82, 2.24) is 19.8 Å². The smallest absolute Gasteiger partial charge is 0.255 e. The molecule has 152 valence electrons. The van der Waals surface area contributed by atoms with Crippen molar-refractivity contribution in [3.63, 3.8) is 0 Å². The van der Waals surface area contributed by atoms with Gasteiger partial charge in [0.15, 0.2) is 11.5 Å². The van der Waals surface area contributed by atoms with Crippen LogP contribution < -0.4 is 15.0 Å². The van der Waals surface area contributed by atoms with E-state index in [0.29, 0.717) is 42.5 Å². The van der Waals surface area contributed by atoms with Crippen molar-refractivity contribution in [2.45, 2.75) is 31.7 Å². The van der Waals surface area contributed by atoms with Crippen LogP contribution in [0.2, 0.25) is 0 Å². The zero-order chi connectivity index (χ0) is 20.0. The highest BCUT2D eigenvalue weighted by molar-refractivity contribution is 5.95. The Morgan fingerprint density at radius 1 is 1.24 bits per heavy atom. The highest BCUT2D eigenvalue weighted by Crippen LogP contribution is 2.33. The van der Waals surface area contributed by atoms with Crippen molar-refractivity contribution in [2.75, 3.05) is 33.5 Å². The number of benzene rings is 1. The maximum absolute atomic E-state index is 13.0. The minimum absolute atomic E-state index is 0.0325. The lowest BCUT2D eigenvalue weighted by Crippen LogP contribution is -2.40. The lowest BCUT2D eigenvalue weighted by molar-refractivity contribution is 0.0704. The molecule has 3 aliphatic rings. The summed E-state index contributed by atoms with van der Waals surface area (Å²) in [6.07, 6.45) is 2.58. The molecular formula is C21H24N4O4. The molecule has 0 spiro atoms. The second kappa shape index (κ2) is 7.18. The van der Waals surface area contributed by atoms with Crippen LogP contribution in [0.4, 0.5) is 0 Å². The fourth-order valence-corrected chi connectivity index (χ4v) is 4.37. The lowest BCUT2D eigenvalue weighted by Gasteiger charge is -2.33. The Morgan fingerprint density at radius 2 is 2.10 bits per heavy atom. The van der Waals surface area contributed by atoms with Gasteiger partial charge in [0.2, 0.25) is 6.79 Å². The summed E-state index contributed by atoms with van der Waals surface area (Å²) in [5.41, 5.74) is 2.22. The van der Waals surface area contributed by atoms with E-state index in [1.54, 1.807) is 18.2 Å². The number of piperidine rings is 1. The Bertz CT molecular complexity index is 1020. The van der Waals surface area contributed by atoms with Crippen LogP contribution in [0.1, 0.15) is 46.2 Å². The largest absolute Gasteiger partial charge is 0.454 e. The Kier molecular flexibility index (Phi) is 4.50. The molecule has 8 heteroatoms. The van der Waals surface area contributed by atoms with Gasteiger partial charge in [0.05, 0.1) is 11.3 Å². The molecule has 1 aromatic carbocycles. The number of aromatic amines is 1. The van der Waals surface area contributed by atoms with E-state index >= 15 is 0 Å². The first-order valence-corrected chi connectivity index (χ1v) is 10.1. The highest BCUT2D eigenvalue weighted by Gasteiger charge is 2.29. The van der Waals surface area contributed by atoms with Gasteiger partial charge in [0, 0.05) is 44.1 Å². The summed E-state index contributed by atoms with van der Waals surface area (Å²) in [4.78, 5) is 37.4. The number of hydrogen-bond acceptors (Lipinski definition) is 6. The molecule has 0 unspecified atom stereocenters. The molecule has 0 aliphatic carbocycles. The van der Waals surface area contributed by atoms with E-state index < -0.39 is 0 Å². The molecule has 0 saturated carbocycles. The normalized spacial score (nSPS) is 21.1. The number of nitrogens with one attached hydrogen (secondary N) is 1. The monoisotopic (exact) mass is 396 g/mol. The number of ether oxygens (including phenoxy) is 2. The maximum Gasteiger partial charge on any atom is 0.255 e. The van der Waals surface area contributed by atoms with Crippen LogP contribution >= 0.6 is 0 Å². The summed E-state index contributed by atoms with van der Waals surface area (Å²) in [5.74, 6) is 1.99.